The summed E-state index contributed by atoms with van der Waals surface area (Å²) in [6.45, 7) is 2.28. The van der Waals surface area contributed by atoms with Crippen molar-refractivity contribution in [2.45, 2.75) is 38.3 Å². The molecule has 2 heterocycles. The van der Waals surface area contributed by atoms with Gasteiger partial charge >= 0.3 is 0 Å². The molecule has 1 aliphatic carbocycles. The molecule has 1 aliphatic heterocycles. The number of carbonyl (C=O) groups is 1. The van der Waals surface area contributed by atoms with Crippen LogP contribution in [0.1, 0.15) is 36.0 Å². The predicted molar refractivity (Wildman–Crippen MR) is 90.9 cm³/mol. The van der Waals surface area contributed by atoms with E-state index < -0.39 is 0 Å². The van der Waals surface area contributed by atoms with Gasteiger partial charge in [0.2, 0.25) is 0 Å². The Bertz CT molecular complexity index is 694. The maximum atomic E-state index is 13.1. The highest BCUT2D eigenvalue weighted by atomic mass is 16.5. The summed E-state index contributed by atoms with van der Waals surface area (Å²) in [5.41, 5.74) is 0.686. The van der Waals surface area contributed by atoms with Crippen LogP contribution < -0.4 is 4.74 Å². The van der Waals surface area contributed by atoms with E-state index in [9.17, 15) is 4.79 Å². The molecule has 2 aliphatic rings. The van der Waals surface area contributed by atoms with E-state index in [4.69, 9.17) is 4.74 Å². The molecular weight excluding hydrogens is 302 g/mol. The smallest absolute Gasteiger partial charge is 0.257 e. The average Bonchev–Trinajstić information content (AvgIpc) is 3.08. The third-order valence-corrected chi connectivity index (χ3v) is 4.88. The van der Waals surface area contributed by atoms with Gasteiger partial charge < -0.3 is 9.64 Å². The molecule has 0 unspecified atom stereocenters. The van der Waals surface area contributed by atoms with E-state index >= 15 is 0 Å². The molecule has 0 bridgehead atoms. The van der Waals surface area contributed by atoms with Crippen molar-refractivity contribution in [2.75, 3.05) is 13.2 Å². The van der Waals surface area contributed by atoms with Crippen LogP contribution in [0.4, 0.5) is 0 Å². The fourth-order valence-corrected chi connectivity index (χ4v) is 3.33. The van der Waals surface area contributed by atoms with Crippen molar-refractivity contribution >= 4 is 5.91 Å². The van der Waals surface area contributed by atoms with Gasteiger partial charge in [0.1, 0.15) is 5.75 Å². The van der Waals surface area contributed by atoms with E-state index in [0.29, 0.717) is 11.5 Å². The molecule has 1 aromatic heterocycles. The van der Waals surface area contributed by atoms with Gasteiger partial charge in [0.15, 0.2) is 0 Å². The highest BCUT2D eigenvalue weighted by Gasteiger charge is 2.31. The number of amides is 1. The molecule has 0 radical (unpaired) electrons. The minimum absolute atomic E-state index is 0.0797. The van der Waals surface area contributed by atoms with Gasteiger partial charge in [0, 0.05) is 18.9 Å². The number of nitrogens with zero attached hydrogens (tertiary/aromatic N) is 3. The minimum atomic E-state index is 0.0797. The van der Waals surface area contributed by atoms with Crippen LogP contribution in [0.5, 0.6) is 5.75 Å². The quantitative estimate of drug-likeness (QED) is 0.820. The van der Waals surface area contributed by atoms with Crippen molar-refractivity contribution < 1.29 is 9.53 Å². The highest BCUT2D eigenvalue weighted by molar-refractivity contribution is 5.97. The Kier molecular flexibility index (Phi) is 4.24. The summed E-state index contributed by atoms with van der Waals surface area (Å²) < 4.78 is 7.83. The van der Waals surface area contributed by atoms with Crippen molar-refractivity contribution in [2.24, 2.45) is 5.92 Å². The summed E-state index contributed by atoms with van der Waals surface area (Å²) in [5, 5.41) is 4.27. The first-order valence-electron chi connectivity index (χ1n) is 8.81. The molecule has 24 heavy (non-hydrogen) atoms. The molecule has 5 heteroatoms. The van der Waals surface area contributed by atoms with E-state index in [1.54, 1.807) is 6.20 Å². The third kappa shape index (κ3) is 3.30. The second-order valence-electron chi connectivity index (χ2n) is 6.77. The monoisotopic (exact) mass is 325 g/mol. The van der Waals surface area contributed by atoms with Crippen LogP contribution in [0.25, 0.3) is 0 Å². The summed E-state index contributed by atoms with van der Waals surface area (Å²) in [7, 11) is 0. The molecule has 4 rings (SSSR count). The Labute approximate surface area is 142 Å². The molecule has 2 fully saturated rings. The molecule has 1 atom stereocenters. The second-order valence-corrected chi connectivity index (χ2v) is 6.77. The average molecular weight is 325 g/mol. The largest absolute Gasteiger partial charge is 0.492 e. The van der Waals surface area contributed by atoms with Gasteiger partial charge in [-0.3, -0.25) is 9.48 Å². The normalized spacial score (nSPS) is 20.3. The van der Waals surface area contributed by atoms with Gasteiger partial charge in [-0.15, -0.1) is 0 Å². The molecule has 1 aromatic carbocycles. The number of likely N-dealkylation sites (tertiary alicyclic amines) is 1. The molecule has 1 saturated heterocycles. The predicted octanol–water partition coefficient (Wildman–Crippen LogP) is 2.98. The van der Waals surface area contributed by atoms with Gasteiger partial charge in [-0.25, -0.2) is 0 Å². The van der Waals surface area contributed by atoms with E-state index in [1.165, 1.54) is 12.8 Å². The Hall–Kier alpha value is -2.30. The number of hydrogen-bond acceptors (Lipinski definition) is 3. The molecule has 1 amide bonds. The summed E-state index contributed by atoms with van der Waals surface area (Å²) in [5.74, 6) is 1.47. The maximum absolute atomic E-state index is 13.1. The van der Waals surface area contributed by atoms with Crippen LogP contribution in [0.15, 0.2) is 42.7 Å². The number of benzene rings is 1. The molecule has 0 spiro atoms. The van der Waals surface area contributed by atoms with Crippen LogP contribution in [-0.4, -0.2) is 39.8 Å². The molecule has 0 N–H and O–H groups in total. The van der Waals surface area contributed by atoms with Crippen LogP contribution in [0.2, 0.25) is 0 Å². The van der Waals surface area contributed by atoms with Crippen LogP contribution >= 0.6 is 0 Å². The molecule has 2 aromatic rings. The van der Waals surface area contributed by atoms with Crippen molar-refractivity contribution in [3.05, 3.63) is 48.3 Å². The van der Waals surface area contributed by atoms with E-state index in [2.05, 4.69) is 5.10 Å². The molecular formula is C19H23N3O2. The van der Waals surface area contributed by atoms with E-state index in [1.807, 2.05) is 46.1 Å². The van der Waals surface area contributed by atoms with E-state index in [-0.39, 0.29) is 11.9 Å². The Morgan fingerprint density at radius 1 is 1.21 bits per heavy atom. The fourth-order valence-electron chi connectivity index (χ4n) is 3.33. The topological polar surface area (TPSA) is 47.4 Å². The highest BCUT2D eigenvalue weighted by Crippen LogP contribution is 2.31. The van der Waals surface area contributed by atoms with Gasteiger partial charge in [0.05, 0.1) is 24.8 Å². The fraction of sp³-hybridized carbons (Fsp3) is 0.474. The zero-order valence-electron chi connectivity index (χ0n) is 13.8. The van der Waals surface area contributed by atoms with Crippen LogP contribution in [-0.2, 0) is 6.54 Å². The first-order valence-corrected chi connectivity index (χ1v) is 8.81. The number of aromatic nitrogens is 2. The van der Waals surface area contributed by atoms with Crippen molar-refractivity contribution in [1.82, 2.24) is 14.7 Å². The second kappa shape index (κ2) is 6.67. The standard InChI is InChI=1S/C19H23N3O2/c23-19(17-6-1-2-7-18(17)24-14-15-8-9-15)22-12-3-5-16(22)13-21-11-4-10-20-21/h1-2,4,6-7,10-11,15-16H,3,5,8-9,12-14H2/t16-/m1/s1. The van der Waals surface area contributed by atoms with Crippen molar-refractivity contribution in [1.29, 1.82) is 0 Å². The summed E-state index contributed by atoms with van der Waals surface area (Å²) in [6, 6.07) is 9.76. The van der Waals surface area contributed by atoms with Crippen molar-refractivity contribution in [3.8, 4) is 5.75 Å². The van der Waals surface area contributed by atoms with Gasteiger partial charge in [0.25, 0.3) is 5.91 Å². The van der Waals surface area contributed by atoms with Gasteiger partial charge in [-0.1, -0.05) is 12.1 Å². The zero-order chi connectivity index (χ0) is 16.4. The van der Waals surface area contributed by atoms with Gasteiger partial charge in [-0.2, -0.15) is 5.10 Å². The summed E-state index contributed by atoms with van der Waals surface area (Å²) in [4.78, 5) is 15.1. The SMILES string of the molecule is O=C(c1ccccc1OCC1CC1)N1CCC[C@@H]1Cn1cccn1. The summed E-state index contributed by atoms with van der Waals surface area (Å²) in [6.07, 6.45) is 8.29. The number of para-hydroxylation sites is 1. The third-order valence-electron chi connectivity index (χ3n) is 4.88. The number of ether oxygens (including phenoxy) is 1. The van der Waals surface area contributed by atoms with E-state index in [0.717, 1.165) is 38.3 Å². The van der Waals surface area contributed by atoms with Crippen LogP contribution in [0.3, 0.4) is 0 Å². The lowest BCUT2D eigenvalue weighted by Crippen LogP contribution is -2.38. The van der Waals surface area contributed by atoms with Gasteiger partial charge in [-0.05, 0) is 49.8 Å². The lowest BCUT2D eigenvalue weighted by Gasteiger charge is -2.25. The number of carbonyl (C=O) groups excluding carboxylic acids is 1. The lowest BCUT2D eigenvalue weighted by atomic mass is 10.1. The Balaban J connectivity index is 1.49. The zero-order valence-corrected chi connectivity index (χ0v) is 13.8. The molecule has 5 nitrogen and oxygen atoms in total. The Morgan fingerprint density at radius 2 is 2.08 bits per heavy atom. The maximum Gasteiger partial charge on any atom is 0.257 e. The summed E-state index contributed by atoms with van der Waals surface area (Å²) >= 11 is 0. The van der Waals surface area contributed by atoms with Crippen molar-refractivity contribution in [3.63, 3.8) is 0 Å². The lowest BCUT2D eigenvalue weighted by molar-refractivity contribution is 0.0717. The molecule has 1 saturated carbocycles. The number of rotatable bonds is 6. The Morgan fingerprint density at radius 3 is 2.88 bits per heavy atom. The first-order chi connectivity index (χ1) is 11.8. The first kappa shape index (κ1) is 15.2. The number of hydrogen-bond donors (Lipinski definition) is 0. The van der Waals surface area contributed by atoms with Crippen LogP contribution in [0, 0.1) is 5.92 Å². The minimum Gasteiger partial charge on any atom is -0.492 e. The molecule has 126 valence electrons.